The van der Waals surface area contributed by atoms with Crippen LogP contribution in [-0.2, 0) is 22.4 Å². The molecule has 0 atom stereocenters. The van der Waals surface area contributed by atoms with E-state index in [0.29, 0.717) is 0 Å². The van der Waals surface area contributed by atoms with Gasteiger partial charge in [0, 0.05) is 5.56 Å². The molecule has 146 valence electrons. The first-order valence-corrected chi connectivity index (χ1v) is 9.23. The maximum atomic E-state index is 13.1. The summed E-state index contributed by atoms with van der Waals surface area (Å²) < 4.78 is 103. The Hall–Kier alpha value is -2.34. The Bertz CT molecular complexity index is 976. The van der Waals surface area contributed by atoms with E-state index in [9.17, 15) is 39.6 Å². The van der Waals surface area contributed by atoms with Crippen molar-refractivity contribution in [2.45, 2.75) is 12.4 Å². The summed E-state index contributed by atoms with van der Waals surface area (Å²) in [6.07, 6.45) is -10.4. The van der Waals surface area contributed by atoms with Crippen LogP contribution in [0.5, 0.6) is 0 Å². The molecular weight excluding hydrogens is 420 g/mol. The van der Waals surface area contributed by atoms with Crippen molar-refractivity contribution in [2.24, 2.45) is 0 Å². The van der Waals surface area contributed by atoms with Gasteiger partial charge in [-0.15, -0.1) is 0 Å². The molecule has 0 fully saturated rings. The van der Waals surface area contributed by atoms with Crippen LogP contribution in [0.25, 0.3) is 4.91 Å². The predicted molar refractivity (Wildman–Crippen MR) is 86.2 cm³/mol. The molecule has 0 aliphatic carbocycles. The number of hydrogen-bond acceptors (Lipinski definition) is 4. The lowest BCUT2D eigenvalue weighted by atomic mass is 10.0. The zero-order valence-electron chi connectivity index (χ0n) is 13.0. The third kappa shape index (κ3) is 4.69. The van der Waals surface area contributed by atoms with Crippen LogP contribution in [0, 0.1) is 0 Å². The molecule has 1 heterocycles. The summed E-state index contributed by atoms with van der Waals surface area (Å²) in [5.74, 6) is -1.73. The van der Waals surface area contributed by atoms with Crippen LogP contribution < -0.4 is 4.72 Å². The summed E-state index contributed by atoms with van der Waals surface area (Å²) in [7, 11) is -4.61. The largest absolute Gasteiger partial charge is 0.417 e. The van der Waals surface area contributed by atoms with Crippen molar-refractivity contribution < 1.29 is 39.6 Å². The third-order valence-electron chi connectivity index (χ3n) is 3.29. The lowest BCUT2D eigenvalue weighted by Gasteiger charge is -2.16. The summed E-state index contributed by atoms with van der Waals surface area (Å²) in [6, 6.07) is 1.62. The topological polar surface area (TPSA) is 63.2 Å². The van der Waals surface area contributed by atoms with Gasteiger partial charge in [0.2, 0.25) is 0 Å². The van der Waals surface area contributed by atoms with Crippen LogP contribution in [0.15, 0.2) is 41.6 Å². The van der Waals surface area contributed by atoms with E-state index < -0.39 is 49.9 Å². The average Bonchev–Trinajstić information content (AvgIpc) is 3.05. The van der Waals surface area contributed by atoms with Gasteiger partial charge in [-0.1, -0.05) is 6.58 Å². The molecule has 0 aliphatic rings. The number of sulfonamides is 1. The molecule has 0 bridgehead atoms. The van der Waals surface area contributed by atoms with Gasteiger partial charge in [-0.25, -0.2) is 13.1 Å². The summed E-state index contributed by atoms with van der Waals surface area (Å²) in [4.78, 5) is 11.5. The zero-order valence-corrected chi connectivity index (χ0v) is 14.6. The Kier molecular flexibility index (Phi) is 5.44. The number of alkyl halides is 6. The van der Waals surface area contributed by atoms with E-state index in [1.165, 1.54) is 21.5 Å². The van der Waals surface area contributed by atoms with Crippen LogP contribution >= 0.6 is 11.3 Å². The average molecular weight is 429 g/mol. The second kappa shape index (κ2) is 7.00. The van der Waals surface area contributed by atoms with Gasteiger partial charge in [0.25, 0.3) is 15.9 Å². The molecule has 0 unspecified atom stereocenters. The first kappa shape index (κ1) is 21.0. The zero-order chi connectivity index (χ0) is 20.6. The Morgan fingerprint density at radius 2 is 1.67 bits per heavy atom. The Labute approximate surface area is 153 Å². The summed E-state index contributed by atoms with van der Waals surface area (Å²) in [5, 5.41) is 2.89. The normalized spacial score (nSPS) is 12.7. The fourth-order valence-corrected chi connectivity index (χ4v) is 3.63. The fourth-order valence-electron chi connectivity index (χ4n) is 1.97. The van der Waals surface area contributed by atoms with E-state index in [4.69, 9.17) is 0 Å². The van der Waals surface area contributed by atoms with Gasteiger partial charge in [0.15, 0.2) is 0 Å². The monoisotopic (exact) mass is 429 g/mol. The molecule has 0 saturated carbocycles. The minimum Gasteiger partial charge on any atom is -0.268 e. The van der Waals surface area contributed by atoms with Crippen LogP contribution in [-0.4, -0.2) is 14.3 Å². The van der Waals surface area contributed by atoms with Gasteiger partial charge >= 0.3 is 12.4 Å². The van der Waals surface area contributed by atoms with Crippen molar-refractivity contribution in [2.75, 3.05) is 0 Å². The molecule has 1 aromatic carbocycles. The standard InChI is InChI=1S/C15H9F6NO3S2/c1-8(9-4-5-26-7-9)27(24,25)22-13(23)11-3-2-10(14(16,17)18)6-12(11)15(19,20)21/h2-7H,1H2,(H,22,23). The maximum Gasteiger partial charge on any atom is 0.417 e. The van der Waals surface area contributed by atoms with Gasteiger partial charge in [0.05, 0.1) is 21.6 Å². The van der Waals surface area contributed by atoms with Crippen molar-refractivity contribution in [3.63, 3.8) is 0 Å². The van der Waals surface area contributed by atoms with Crippen LogP contribution in [0.4, 0.5) is 26.3 Å². The molecule has 2 aromatic rings. The molecular formula is C15H9F6NO3S2. The Morgan fingerprint density at radius 1 is 1.04 bits per heavy atom. The number of carbonyl (C=O) groups is 1. The highest BCUT2D eigenvalue weighted by molar-refractivity contribution is 7.99. The van der Waals surface area contributed by atoms with E-state index in [0.717, 1.165) is 11.3 Å². The maximum absolute atomic E-state index is 13.1. The molecule has 4 nitrogen and oxygen atoms in total. The number of carbonyl (C=O) groups excluding carboxylic acids is 1. The van der Waals surface area contributed by atoms with Gasteiger partial charge < -0.3 is 0 Å². The van der Waals surface area contributed by atoms with Crippen LogP contribution in [0.2, 0.25) is 0 Å². The second-order valence-electron chi connectivity index (χ2n) is 5.13. The van der Waals surface area contributed by atoms with E-state index in [-0.39, 0.29) is 23.8 Å². The molecule has 0 aliphatic heterocycles. The third-order valence-corrected chi connectivity index (χ3v) is 5.31. The number of nitrogens with one attached hydrogen (secondary N) is 1. The number of rotatable bonds is 4. The van der Waals surface area contributed by atoms with Gasteiger partial charge in [-0.05, 0) is 35.0 Å². The second-order valence-corrected chi connectivity index (χ2v) is 7.61. The number of amides is 1. The number of benzene rings is 1. The van der Waals surface area contributed by atoms with E-state index in [2.05, 4.69) is 6.58 Å². The minimum atomic E-state index is -5.32. The number of halogens is 6. The lowest BCUT2D eigenvalue weighted by molar-refractivity contribution is -0.143. The highest BCUT2D eigenvalue weighted by Gasteiger charge is 2.40. The van der Waals surface area contributed by atoms with Gasteiger partial charge in [-0.2, -0.15) is 37.7 Å². The first-order chi connectivity index (χ1) is 12.2. The molecule has 27 heavy (non-hydrogen) atoms. The van der Waals surface area contributed by atoms with Crippen molar-refractivity contribution >= 4 is 32.2 Å². The highest BCUT2D eigenvalue weighted by atomic mass is 32.2. The number of thiophene rings is 1. The highest BCUT2D eigenvalue weighted by Crippen LogP contribution is 2.37. The number of hydrogen-bond donors (Lipinski definition) is 1. The Morgan fingerprint density at radius 3 is 2.15 bits per heavy atom. The molecule has 1 amide bonds. The molecule has 0 saturated heterocycles. The fraction of sp³-hybridized carbons (Fsp3) is 0.133. The molecule has 1 aromatic heterocycles. The van der Waals surface area contributed by atoms with E-state index in [1.807, 2.05) is 0 Å². The van der Waals surface area contributed by atoms with Crippen molar-refractivity contribution in [3.05, 3.63) is 63.9 Å². The lowest BCUT2D eigenvalue weighted by Crippen LogP contribution is -2.32. The summed E-state index contributed by atoms with van der Waals surface area (Å²) in [5.41, 5.74) is -4.69. The quantitative estimate of drug-likeness (QED) is 0.728. The molecule has 0 radical (unpaired) electrons. The SMILES string of the molecule is C=C(c1ccsc1)S(=O)(=O)NC(=O)c1ccc(C(F)(F)F)cc1C(F)(F)F. The van der Waals surface area contributed by atoms with Crippen molar-refractivity contribution in [3.8, 4) is 0 Å². The van der Waals surface area contributed by atoms with Gasteiger partial charge in [-0.3, -0.25) is 4.79 Å². The Balaban J connectivity index is 2.42. The smallest absolute Gasteiger partial charge is 0.268 e. The van der Waals surface area contributed by atoms with Crippen molar-refractivity contribution in [1.82, 2.24) is 4.72 Å². The van der Waals surface area contributed by atoms with Gasteiger partial charge in [0.1, 0.15) is 0 Å². The van der Waals surface area contributed by atoms with Crippen LogP contribution in [0.1, 0.15) is 27.0 Å². The van der Waals surface area contributed by atoms with E-state index >= 15 is 0 Å². The molecule has 12 heteroatoms. The first-order valence-electron chi connectivity index (χ1n) is 6.80. The van der Waals surface area contributed by atoms with E-state index in [1.54, 1.807) is 0 Å². The molecule has 2 rings (SSSR count). The molecule has 1 N–H and O–H groups in total. The summed E-state index contributed by atoms with van der Waals surface area (Å²) in [6.45, 7) is 3.27. The minimum absolute atomic E-state index is 0.115. The molecule has 0 spiro atoms. The predicted octanol–water partition coefficient (Wildman–Crippen LogP) is 4.52. The van der Waals surface area contributed by atoms with Crippen LogP contribution in [0.3, 0.4) is 0 Å². The van der Waals surface area contributed by atoms with Crippen molar-refractivity contribution in [1.29, 1.82) is 0 Å². The summed E-state index contributed by atoms with van der Waals surface area (Å²) >= 11 is 1.12.